The first-order chi connectivity index (χ1) is 11.0. The summed E-state index contributed by atoms with van der Waals surface area (Å²) >= 11 is 13.3. The summed E-state index contributed by atoms with van der Waals surface area (Å²) in [5.41, 5.74) is 1.74. The Balaban J connectivity index is 1.64. The Kier molecular flexibility index (Phi) is 4.71. The van der Waals surface area contributed by atoms with E-state index in [2.05, 4.69) is 10.3 Å². The first-order valence-corrected chi connectivity index (χ1v) is 8.33. The lowest BCUT2D eigenvalue weighted by molar-refractivity contribution is -0.118. The fourth-order valence-corrected chi connectivity index (χ4v) is 3.18. The number of amides is 1. The van der Waals surface area contributed by atoms with E-state index < -0.39 is 0 Å². The van der Waals surface area contributed by atoms with Gasteiger partial charge < -0.3 is 4.74 Å². The molecule has 0 saturated heterocycles. The van der Waals surface area contributed by atoms with Gasteiger partial charge in [0.25, 0.3) is 5.91 Å². The Morgan fingerprint density at radius 3 is 2.74 bits per heavy atom. The highest BCUT2D eigenvalue weighted by atomic mass is 35.5. The summed E-state index contributed by atoms with van der Waals surface area (Å²) < 4.78 is 6.37. The number of carbonyl (C=O) groups excluding carboxylic acids is 1. The zero-order valence-electron chi connectivity index (χ0n) is 12.1. The van der Waals surface area contributed by atoms with Crippen molar-refractivity contribution in [3.63, 3.8) is 0 Å². The molecule has 1 N–H and O–H groups in total. The quantitative estimate of drug-likeness (QED) is 0.712. The summed E-state index contributed by atoms with van der Waals surface area (Å²) in [7, 11) is 0. The van der Waals surface area contributed by atoms with Gasteiger partial charge in [-0.15, -0.1) is 0 Å². The van der Waals surface area contributed by atoms with Crippen molar-refractivity contribution in [3.05, 3.63) is 52.0 Å². The van der Waals surface area contributed by atoms with Crippen LogP contribution in [0.15, 0.2) is 36.4 Å². The number of benzene rings is 2. The van der Waals surface area contributed by atoms with Crippen LogP contribution in [0.2, 0.25) is 10.0 Å². The minimum absolute atomic E-state index is 0.0999. The van der Waals surface area contributed by atoms with E-state index in [-0.39, 0.29) is 12.5 Å². The van der Waals surface area contributed by atoms with Crippen molar-refractivity contribution in [1.82, 2.24) is 4.98 Å². The molecule has 0 radical (unpaired) electrons. The average Bonchev–Trinajstić information content (AvgIpc) is 2.88. The molecule has 0 atom stereocenters. The fraction of sp³-hybridized carbons (Fsp3) is 0.125. The van der Waals surface area contributed by atoms with Crippen molar-refractivity contribution >= 4 is 55.8 Å². The Labute approximate surface area is 147 Å². The number of carbonyl (C=O) groups is 1. The Bertz CT molecular complexity index is 823. The van der Waals surface area contributed by atoms with E-state index in [0.717, 1.165) is 15.8 Å². The normalized spacial score (nSPS) is 10.7. The number of nitrogens with zero attached hydrogens (tertiary/aromatic N) is 1. The predicted octanol–water partition coefficient (Wildman–Crippen LogP) is 4.93. The number of hydrogen-bond donors (Lipinski definition) is 1. The molecule has 0 fully saturated rings. The van der Waals surface area contributed by atoms with E-state index in [1.807, 2.05) is 13.0 Å². The molecule has 7 heteroatoms. The molecule has 0 aliphatic heterocycles. The van der Waals surface area contributed by atoms with Crippen molar-refractivity contribution in [3.8, 4) is 5.75 Å². The van der Waals surface area contributed by atoms with Crippen LogP contribution in [0.4, 0.5) is 5.13 Å². The van der Waals surface area contributed by atoms with E-state index in [1.54, 1.807) is 30.3 Å². The van der Waals surface area contributed by atoms with E-state index in [4.69, 9.17) is 27.9 Å². The zero-order chi connectivity index (χ0) is 16.4. The average molecular weight is 367 g/mol. The highest BCUT2D eigenvalue weighted by molar-refractivity contribution is 7.22. The van der Waals surface area contributed by atoms with E-state index >= 15 is 0 Å². The summed E-state index contributed by atoms with van der Waals surface area (Å²) in [6.07, 6.45) is 0. The standard InChI is InChI=1S/C16H12Cl2N2O2S/c1-9-6-14-13(7-12(9)18)19-16(23-14)20-15(21)8-22-11-4-2-10(17)3-5-11/h2-7H,8H2,1H3,(H,19,20,21). The second-order valence-electron chi connectivity index (χ2n) is 4.88. The third-order valence-corrected chi connectivity index (χ3v) is 4.69. The molecule has 0 saturated carbocycles. The lowest BCUT2D eigenvalue weighted by Crippen LogP contribution is -2.19. The van der Waals surface area contributed by atoms with Crippen LogP contribution in [0.1, 0.15) is 5.56 Å². The minimum Gasteiger partial charge on any atom is -0.484 e. The number of aryl methyl sites for hydroxylation is 1. The lowest BCUT2D eigenvalue weighted by Gasteiger charge is -2.05. The maximum absolute atomic E-state index is 11.9. The predicted molar refractivity (Wildman–Crippen MR) is 94.9 cm³/mol. The molecule has 2 aromatic carbocycles. The first kappa shape index (κ1) is 16.1. The van der Waals surface area contributed by atoms with Gasteiger partial charge in [0.05, 0.1) is 10.2 Å². The van der Waals surface area contributed by atoms with Gasteiger partial charge in [0, 0.05) is 10.0 Å². The van der Waals surface area contributed by atoms with Crippen LogP contribution in [0.3, 0.4) is 0 Å². The number of hydrogen-bond acceptors (Lipinski definition) is 4. The molecule has 3 rings (SSSR count). The summed E-state index contributed by atoms with van der Waals surface area (Å²) in [4.78, 5) is 16.3. The summed E-state index contributed by atoms with van der Waals surface area (Å²) in [5, 5.41) is 4.52. The zero-order valence-corrected chi connectivity index (χ0v) is 14.4. The topological polar surface area (TPSA) is 51.2 Å². The monoisotopic (exact) mass is 366 g/mol. The Morgan fingerprint density at radius 1 is 1.26 bits per heavy atom. The number of halogens is 2. The maximum atomic E-state index is 11.9. The largest absolute Gasteiger partial charge is 0.484 e. The number of rotatable bonds is 4. The van der Waals surface area contributed by atoms with Crippen LogP contribution in [0, 0.1) is 6.92 Å². The van der Waals surface area contributed by atoms with Crippen LogP contribution in [-0.4, -0.2) is 17.5 Å². The van der Waals surface area contributed by atoms with Gasteiger partial charge in [-0.05, 0) is 48.9 Å². The van der Waals surface area contributed by atoms with Crippen LogP contribution in [0.25, 0.3) is 10.2 Å². The molecule has 0 spiro atoms. The second-order valence-corrected chi connectivity index (χ2v) is 6.75. The van der Waals surface area contributed by atoms with E-state index in [1.165, 1.54) is 11.3 Å². The van der Waals surface area contributed by atoms with Crippen molar-refractivity contribution < 1.29 is 9.53 Å². The molecule has 1 amide bonds. The SMILES string of the molecule is Cc1cc2sc(NC(=O)COc3ccc(Cl)cc3)nc2cc1Cl. The lowest BCUT2D eigenvalue weighted by atomic mass is 10.2. The molecule has 0 bridgehead atoms. The van der Waals surface area contributed by atoms with E-state index in [9.17, 15) is 4.79 Å². The smallest absolute Gasteiger partial charge is 0.264 e. The highest BCUT2D eigenvalue weighted by Gasteiger charge is 2.10. The number of aromatic nitrogens is 1. The minimum atomic E-state index is -0.276. The van der Waals surface area contributed by atoms with Gasteiger partial charge in [-0.3, -0.25) is 10.1 Å². The summed E-state index contributed by atoms with van der Waals surface area (Å²) in [5.74, 6) is 0.304. The summed E-state index contributed by atoms with van der Waals surface area (Å²) in [6.45, 7) is 1.83. The molecule has 3 aromatic rings. The second kappa shape index (κ2) is 6.74. The van der Waals surface area contributed by atoms with Crippen molar-refractivity contribution in [2.75, 3.05) is 11.9 Å². The van der Waals surface area contributed by atoms with Gasteiger partial charge in [-0.1, -0.05) is 34.5 Å². The molecular formula is C16H12Cl2N2O2S. The van der Waals surface area contributed by atoms with Crippen molar-refractivity contribution in [2.24, 2.45) is 0 Å². The van der Waals surface area contributed by atoms with Crippen LogP contribution < -0.4 is 10.1 Å². The number of fused-ring (bicyclic) bond motifs is 1. The molecular weight excluding hydrogens is 355 g/mol. The van der Waals surface area contributed by atoms with Gasteiger partial charge in [0.15, 0.2) is 11.7 Å². The van der Waals surface area contributed by atoms with Crippen LogP contribution >= 0.6 is 34.5 Å². The highest BCUT2D eigenvalue weighted by Crippen LogP contribution is 2.30. The number of ether oxygens (including phenoxy) is 1. The number of nitrogens with one attached hydrogen (secondary N) is 1. The molecule has 1 aromatic heterocycles. The van der Waals surface area contributed by atoms with Crippen LogP contribution in [0.5, 0.6) is 5.75 Å². The molecule has 118 valence electrons. The van der Waals surface area contributed by atoms with Gasteiger partial charge in [-0.2, -0.15) is 0 Å². The molecule has 1 heterocycles. The number of thiazole rings is 1. The summed E-state index contributed by atoms with van der Waals surface area (Å²) in [6, 6.07) is 10.6. The van der Waals surface area contributed by atoms with Crippen LogP contribution in [-0.2, 0) is 4.79 Å². The maximum Gasteiger partial charge on any atom is 0.264 e. The van der Waals surface area contributed by atoms with Gasteiger partial charge in [-0.25, -0.2) is 4.98 Å². The number of anilines is 1. The van der Waals surface area contributed by atoms with E-state index in [0.29, 0.717) is 20.9 Å². The van der Waals surface area contributed by atoms with Crippen molar-refractivity contribution in [2.45, 2.75) is 6.92 Å². The molecule has 23 heavy (non-hydrogen) atoms. The van der Waals surface area contributed by atoms with Gasteiger partial charge in [0.1, 0.15) is 5.75 Å². The molecule has 4 nitrogen and oxygen atoms in total. The molecule has 0 aliphatic carbocycles. The van der Waals surface area contributed by atoms with Gasteiger partial charge in [0.2, 0.25) is 0 Å². The molecule has 0 unspecified atom stereocenters. The molecule has 0 aliphatic rings. The third-order valence-electron chi connectivity index (χ3n) is 3.10. The Hall–Kier alpha value is -1.82. The van der Waals surface area contributed by atoms with Gasteiger partial charge >= 0.3 is 0 Å². The Morgan fingerprint density at radius 2 is 2.00 bits per heavy atom. The third kappa shape index (κ3) is 3.93. The fourth-order valence-electron chi connectivity index (χ4n) is 1.94. The van der Waals surface area contributed by atoms with Crippen molar-refractivity contribution in [1.29, 1.82) is 0 Å². The first-order valence-electron chi connectivity index (χ1n) is 6.76.